The monoisotopic (exact) mass is 497 g/mol. The van der Waals surface area contributed by atoms with Gasteiger partial charge in [0.15, 0.2) is 12.0 Å². The van der Waals surface area contributed by atoms with Gasteiger partial charge in [-0.15, -0.1) is 5.10 Å². The van der Waals surface area contributed by atoms with E-state index < -0.39 is 37.3 Å². The highest BCUT2D eigenvalue weighted by Gasteiger charge is 2.44. The number of ketones is 1. The van der Waals surface area contributed by atoms with E-state index in [9.17, 15) is 25.2 Å². The molecule has 0 spiro atoms. The summed E-state index contributed by atoms with van der Waals surface area (Å²) >= 11 is 0. The van der Waals surface area contributed by atoms with Crippen molar-refractivity contribution in [2.24, 2.45) is 0 Å². The lowest BCUT2D eigenvalue weighted by molar-refractivity contribution is -0.254. The second-order valence-corrected chi connectivity index (χ2v) is 8.16. The van der Waals surface area contributed by atoms with Crippen LogP contribution in [0.4, 0.5) is 0 Å². The summed E-state index contributed by atoms with van der Waals surface area (Å²) in [6.45, 7) is -0.501. The number of aromatic nitrogens is 3. The van der Waals surface area contributed by atoms with Crippen LogP contribution in [-0.2, 0) is 11.3 Å². The molecule has 190 valence electrons. The molecule has 4 N–H and O–H groups in total. The number of carbonyl (C=O) groups is 1. The maximum Gasteiger partial charge on any atom is 0.185 e. The van der Waals surface area contributed by atoms with Gasteiger partial charge in [-0.2, -0.15) is 0 Å². The van der Waals surface area contributed by atoms with Crippen molar-refractivity contribution < 1.29 is 39.4 Å². The van der Waals surface area contributed by atoms with Crippen molar-refractivity contribution in [2.75, 3.05) is 13.7 Å². The molecule has 4 rings (SSSR count). The fourth-order valence-corrected chi connectivity index (χ4v) is 3.74. The van der Waals surface area contributed by atoms with Gasteiger partial charge in [-0.1, -0.05) is 23.4 Å². The van der Waals surface area contributed by atoms with Gasteiger partial charge in [0.1, 0.15) is 48.2 Å². The minimum Gasteiger partial charge on any atom is -0.496 e. The number of nitrogens with zero attached hydrogens (tertiary/aromatic N) is 3. The summed E-state index contributed by atoms with van der Waals surface area (Å²) in [5.74, 6) is 1.01. The van der Waals surface area contributed by atoms with E-state index in [1.165, 1.54) is 17.0 Å². The zero-order valence-electron chi connectivity index (χ0n) is 19.4. The summed E-state index contributed by atoms with van der Waals surface area (Å²) in [6, 6.07) is 14.0. The first kappa shape index (κ1) is 25.5. The Balaban J connectivity index is 1.34. The van der Waals surface area contributed by atoms with Crippen molar-refractivity contribution in [3.05, 3.63) is 77.6 Å². The molecule has 0 bridgehead atoms. The van der Waals surface area contributed by atoms with E-state index in [-0.39, 0.29) is 12.4 Å². The van der Waals surface area contributed by atoms with Crippen molar-refractivity contribution in [1.29, 1.82) is 0 Å². The van der Waals surface area contributed by atoms with Crippen molar-refractivity contribution in [1.82, 2.24) is 15.0 Å². The third-order valence-electron chi connectivity index (χ3n) is 5.76. The Kier molecular flexibility index (Phi) is 8.08. The summed E-state index contributed by atoms with van der Waals surface area (Å²) in [5.41, 5.74) is 1.69. The van der Waals surface area contributed by atoms with Crippen LogP contribution < -0.4 is 9.47 Å². The highest BCUT2D eigenvalue weighted by Crippen LogP contribution is 2.28. The molecule has 36 heavy (non-hydrogen) atoms. The van der Waals surface area contributed by atoms with E-state index in [2.05, 4.69) is 10.3 Å². The average Bonchev–Trinajstić information content (AvgIpc) is 3.38. The van der Waals surface area contributed by atoms with E-state index in [1.54, 1.807) is 37.5 Å². The molecule has 2 heterocycles. The van der Waals surface area contributed by atoms with Crippen molar-refractivity contribution in [3.8, 4) is 11.5 Å². The standard InChI is InChI=1S/C25H27N3O8/c1-34-20-5-3-2-4-16(20)8-11-19(30)15-6-9-18(10-7-15)35-14-17-12-28(27-26-17)25-24(33)23(32)22(31)21(13-29)36-25/h2-12,21-25,29,31-33H,13-14H2,1H3/b11-8+/t21-,22-,23+,24-,25-/m1/s1. The van der Waals surface area contributed by atoms with Crippen LogP contribution in [0.25, 0.3) is 6.08 Å². The Morgan fingerprint density at radius 2 is 1.83 bits per heavy atom. The molecule has 11 heteroatoms. The fourth-order valence-electron chi connectivity index (χ4n) is 3.74. The van der Waals surface area contributed by atoms with Gasteiger partial charge in [0.25, 0.3) is 0 Å². The average molecular weight is 498 g/mol. The molecule has 5 atom stereocenters. The molecule has 11 nitrogen and oxygen atoms in total. The smallest absolute Gasteiger partial charge is 0.185 e. The third kappa shape index (κ3) is 5.61. The van der Waals surface area contributed by atoms with E-state index in [0.29, 0.717) is 22.8 Å². The molecule has 1 aromatic heterocycles. The number of methoxy groups -OCH3 is 1. The van der Waals surface area contributed by atoms with Gasteiger partial charge >= 0.3 is 0 Å². The molecule has 0 amide bonds. The quantitative estimate of drug-likeness (QED) is 0.246. The minimum absolute atomic E-state index is 0.0401. The van der Waals surface area contributed by atoms with Crippen LogP contribution in [0.15, 0.2) is 60.8 Å². The minimum atomic E-state index is -1.52. The first-order valence-electron chi connectivity index (χ1n) is 11.2. The number of aliphatic hydroxyl groups is 4. The zero-order valence-corrected chi connectivity index (χ0v) is 19.4. The van der Waals surface area contributed by atoms with Gasteiger partial charge in [0.05, 0.1) is 19.9 Å². The largest absolute Gasteiger partial charge is 0.496 e. The normalized spacial score (nSPS) is 24.1. The van der Waals surface area contributed by atoms with E-state index in [1.807, 2.05) is 24.3 Å². The second-order valence-electron chi connectivity index (χ2n) is 8.16. The first-order valence-corrected chi connectivity index (χ1v) is 11.2. The fraction of sp³-hybridized carbons (Fsp3) is 0.320. The Morgan fingerprint density at radius 3 is 2.56 bits per heavy atom. The Morgan fingerprint density at radius 1 is 1.08 bits per heavy atom. The van der Waals surface area contributed by atoms with E-state index in [4.69, 9.17) is 14.2 Å². The molecular formula is C25H27N3O8. The molecule has 1 fully saturated rings. The lowest BCUT2D eigenvalue weighted by Crippen LogP contribution is -2.56. The molecule has 1 saturated heterocycles. The molecule has 1 aliphatic heterocycles. The number of aliphatic hydroxyl groups excluding tert-OH is 4. The molecule has 3 aromatic rings. The topological polar surface area (TPSA) is 156 Å². The number of hydrogen-bond donors (Lipinski definition) is 4. The number of benzene rings is 2. The van der Waals surface area contributed by atoms with Crippen molar-refractivity contribution in [2.45, 2.75) is 37.3 Å². The lowest BCUT2D eigenvalue weighted by atomic mass is 9.98. The van der Waals surface area contributed by atoms with Gasteiger partial charge < -0.3 is 34.6 Å². The van der Waals surface area contributed by atoms with Crippen LogP contribution in [0.5, 0.6) is 11.5 Å². The number of hydrogen-bond acceptors (Lipinski definition) is 10. The molecule has 1 aliphatic rings. The summed E-state index contributed by atoms with van der Waals surface area (Å²) in [5, 5.41) is 47.3. The van der Waals surface area contributed by atoms with Crippen LogP contribution in [-0.4, -0.2) is 79.3 Å². The predicted octanol–water partition coefficient (Wildman–Crippen LogP) is 0.734. The number of carbonyl (C=O) groups excluding carboxylic acids is 1. The zero-order chi connectivity index (χ0) is 25.7. The van der Waals surface area contributed by atoms with Gasteiger partial charge in [-0.25, -0.2) is 4.68 Å². The van der Waals surface area contributed by atoms with E-state index in [0.717, 1.165) is 5.56 Å². The summed E-state index contributed by atoms with van der Waals surface area (Å²) in [4.78, 5) is 12.5. The molecule has 0 saturated carbocycles. The SMILES string of the molecule is COc1ccccc1/C=C/C(=O)c1ccc(OCc2cn([C@@H]3O[C@H](CO)[C@@H](O)[C@H](O)[C@H]3O)nn2)cc1. The molecule has 0 unspecified atom stereocenters. The number of allylic oxidation sites excluding steroid dienone is 1. The third-order valence-corrected chi connectivity index (χ3v) is 5.76. The Labute approximate surface area is 206 Å². The maximum atomic E-state index is 12.5. The molecular weight excluding hydrogens is 470 g/mol. The summed E-state index contributed by atoms with van der Waals surface area (Å²) in [6.07, 6.45) is -2.00. The highest BCUT2D eigenvalue weighted by molar-refractivity contribution is 6.07. The molecule has 0 radical (unpaired) electrons. The lowest BCUT2D eigenvalue weighted by Gasteiger charge is -2.39. The van der Waals surface area contributed by atoms with Crippen LogP contribution >= 0.6 is 0 Å². The number of para-hydroxylation sites is 1. The van der Waals surface area contributed by atoms with E-state index >= 15 is 0 Å². The van der Waals surface area contributed by atoms with Crippen LogP contribution in [0.3, 0.4) is 0 Å². The van der Waals surface area contributed by atoms with Gasteiger partial charge in [0.2, 0.25) is 0 Å². The number of rotatable bonds is 9. The first-order chi connectivity index (χ1) is 17.4. The van der Waals surface area contributed by atoms with Crippen LogP contribution in [0, 0.1) is 0 Å². The van der Waals surface area contributed by atoms with Gasteiger partial charge in [-0.05, 0) is 42.5 Å². The molecule has 2 aromatic carbocycles. The second kappa shape index (κ2) is 11.4. The summed E-state index contributed by atoms with van der Waals surface area (Å²) < 4.78 is 17.6. The Bertz CT molecular complexity index is 1190. The molecule has 0 aliphatic carbocycles. The number of ether oxygens (including phenoxy) is 3. The Hall–Kier alpha value is -3.61. The van der Waals surface area contributed by atoms with Crippen LogP contribution in [0.1, 0.15) is 27.8 Å². The highest BCUT2D eigenvalue weighted by atomic mass is 16.6. The van der Waals surface area contributed by atoms with Crippen molar-refractivity contribution in [3.63, 3.8) is 0 Å². The van der Waals surface area contributed by atoms with Gasteiger partial charge in [0, 0.05) is 11.1 Å². The van der Waals surface area contributed by atoms with Crippen LogP contribution in [0.2, 0.25) is 0 Å². The maximum absolute atomic E-state index is 12.5. The summed E-state index contributed by atoms with van der Waals surface area (Å²) in [7, 11) is 1.57. The van der Waals surface area contributed by atoms with Gasteiger partial charge in [-0.3, -0.25) is 4.79 Å². The predicted molar refractivity (Wildman–Crippen MR) is 126 cm³/mol. The van der Waals surface area contributed by atoms with Crippen molar-refractivity contribution >= 4 is 11.9 Å².